The Morgan fingerprint density at radius 3 is 0.846 bits per heavy atom. The highest BCUT2D eigenvalue weighted by atomic mass is 32.1. The molecule has 0 atom stereocenters. The predicted octanol–water partition coefficient (Wildman–Crippen LogP) is 34.0. The first-order chi connectivity index (χ1) is 67.5. The van der Waals surface area contributed by atoms with E-state index >= 15 is 0 Å². The summed E-state index contributed by atoms with van der Waals surface area (Å²) in [7, 11) is 0. The first-order valence-corrected chi connectivity index (χ1v) is 47.5. The van der Waals surface area contributed by atoms with Crippen LogP contribution in [-0.4, -0.2) is 39.0 Å². The summed E-state index contributed by atoms with van der Waals surface area (Å²) < 4.78 is 9.84. The summed E-state index contributed by atoms with van der Waals surface area (Å²) in [4.78, 5) is 31.7. The molecule has 26 aromatic rings. The van der Waals surface area contributed by atoms with Gasteiger partial charge in [-0.3, -0.25) is 0 Å². The lowest BCUT2D eigenvalue weighted by molar-refractivity contribution is 1.07. The van der Waals surface area contributed by atoms with Crippen molar-refractivity contribution in [2.45, 2.75) is 0 Å². The van der Waals surface area contributed by atoms with Crippen LogP contribution >= 0.6 is 22.7 Å². The van der Waals surface area contributed by atoms with E-state index in [2.05, 4.69) is 422 Å². The van der Waals surface area contributed by atoms with Gasteiger partial charge in [-0.1, -0.05) is 431 Å². The summed E-state index contributed by atoms with van der Waals surface area (Å²) in [5.41, 5.74) is 30.7. The minimum Gasteiger partial charge on any atom is -0.308 e. The number of para-hydroxylation sites is 4. The molecule has 0 spiro atoms. The van der Waals surface area contributed by atoms with Crippen LogP contribution in [0.5, 0.6) is 0 Å². The Morgan fingerprint density at radius 2 is 0.441 bits per heavy atom. The minimum atomic E-state index is 0.609. The summed E-state index contributed by atoms with van der Waals surface area (Å²) >= 11 is 3.73. The van der Waals surface area contributed by atoms with Crippen molar-refractivity contribution in [3.05, 3.63) is 485 Å². The van der Waals surface area contributed by atoms with Crippen LogP contribution < -0.4 is 0 Å². The third-order valence-corrected chi connectivity index (χ3v) is 28.6. The topological polar surface area (TPSA) is 87.2 Å². The number of rotatable bonds is 16. The van der Waals surface area contributed by atoms with E-state index in [1.165, 1.54) is 84.0 Å². The maximum atomic E-state index is 5.39. The molecular formula is C126H80N8S2. The summed E-state index contributed by atoms with van der Waals surface area (Å²) in [6.07, 6.45) is 0. The van der Waals surface area contributed by atoms with Crippen LogP contribution in [-0.2, 0) is 0 Å². The highest BCUT2D eigenvalue weighted by molar-refractivity contribution is 7.27. The number of thiophene rings is 2. The fourth-order valence-electron chi connectivity index (χ4n) is 19.9. The zero-order valence-corrected chi connectivity index (χ0v) is 75.2. The van der Waals surface area contributed by atoms with Crippen molar-refractivity contribution in [3.8, 4) is 169 Å². The van der Waals surface area contributed by atoms with Crippen molar-refractivity contribution in [2.24, 2.45) is 0 Å². The first-order valence-electron chi connectivity index (χ1n) is 45.9. The SMILES string of the molecule is c1ccc(-c2nc(-c3ccccc3)nc(-c3cc(-c4c(-c5ccccc5)cccc4-c4ccccc4)ccc3-c3ccc4c(c3)sc3c4ccc4c5ccccc5n(-c5ccccc5)c43)n2)cc1.c1ccc(-c2nc(-c3ccccc3)nc(-c3cc(-c4c(-c5ccccc5)cccc4-c4ccccc4)ccc3-c3cccc4c3sc3c4ccc4c5ccccc5n(-c5ccccc5)c43)n2)cc1. The minimum absolute atomic E-state index is 0.609. The van der Waals surface area contributed by atoms with Crippen molar-refractivity contribution >= 4 is 107 Å². The van der Waals surface area contributed by atoms with E-state index in [0.29, 0.717) is 34.9 Å². The Morgan fingerprint density at radius 1 is 0.154 bits per heavy atom. The smallest absolute Gasteiger partial charge is 0.164 e. The second-order valence-electron chi connectivity index (χ2n) is 34.2. The second-order valence-corrected chi connectivity index (χ2v) is 36.2. The Labute approximate surface area is 793 Å². The molecule has 0 radical (unpaired) electrons. The molecule has 636 valence electrons. The predicted molar refractivity (Wildman–Crippen MR) is 570 cm³/mol. The van der Waals surface area contributed by atoms with Crippen LogP contribution in [0, 0.1) is 0 Å². The van der Waals surface area contributed by atoms with Crippen molar-refractivity contribution in [1.82, 2.24) is 39.0 Å². The summed E-state index contributed by atoms with van der Waals surface area (Å²) in [5, 5.41) is 9.94. The number of aromatic nitrogens is 8. The molecule has 0 aliphatic carbocycles. The summed E-state index contributed by atoms with van der Waals surface area (Å²) in [6, 6.07) is 173. The monoisotopic (exact) mass is 1770 g/mol. The van der Waals surface area contributed by atoms with Gasteiger partial charge >= 0.3 is 0 Å². The van der Waals surface area contributed by atoms with Gasteiger partial charge in [0.2, 0.25) is 0 Å². The molecule has 0 aliphatic heterocycles. The lowest BCUT2D eigenvalue weighted by atomic mass is 9.85. The van der Waals surface area contributed by atoms with Gasteiger partial charge in [-0.2, -0.15) is 0 Å². The van der Waals surface area contributed by atoms with Gasteiger partial charge in [0.25, 0.3) is 0 Å². The van der Waals surface area contributed by atoms with E-state index in [0.717, 1.165) is 134 Å². The number of hydrogen-bond acceptors (Lipinski definition) is 8. The maximum Gasteiger partial charge on any atom is 0.164 e. The van der Waals surface area contributed by atoms with E-state index in [9.17, 15) is 0 Å². The third-order valence-electron chi connectivity index (χ3n) is 26.2. The Bertz CT molecular complexity index is 8810. The molecule has 0 fully saturated rings. The normalized spacial score (nSPS) is 11.5. The number of benzene rings is 20. The third kappa shape index (κ3) is 14.5. The zero-order valence-electron chi connectivity index (χ0n) is 73.6. The van der Waals surface area contributed by atoms with E-state index in [-0.39, 0.29) is 0 Å². The Kier molecular flexibility index (Phi) is 20.5. The van der Waals surface area contributed by atoms with Crippen molar-refractivity contribution < 1.29 is 0 Å². The van der Waals surface area contributed by atoms with Gasteiger partial charge < -0.3 is 9.13 Å². The molecule has 6 aromatic heterocycles. The summed E-state index contributed by atoms with van der Waals surface area (Å²) in [6.45, 7) is 0. The number of hydrogen-bond donors (Lipinski definition) is 0. The molecule has 6 heterocycles. The van der Waals surface area contributed by atoms with E-state index in [4.69, 9.17) is 29.9 Å². The fraction of sp³-hybridized carbons (Fsp3) is 0. The molecule has 10 heteroatoms. The highest BCUT2D eigenvalue weighted by Gasteiger charge is 2.28. The molecule has 0 bridgehead atoms. The molecule has 26 rings (SSSR count). The van der Waals surface area contributed by atoms with Gasteiger partial charge in [0, 0.05) is 103 Å². The van der Waals surface area contributed by atoms with Gasteiger partial charge in [-0.25, -0.2) is 29.9 Å². The molecule has 0 unspecified atom stereocenters. The van der Waals surface area contributed by atoms with E-state index in [1.54, 1.807) is 0 Å². The molecule has 136 heavy (non-hydrogen) atoms. The molecule has 0 saturated heterocycles. The first kappa shape index (κ1) is 80.5. The van der Waals surface area contributed by atoms with Crippen LogP contribution in [0.15, 0.2) is 485 Å². The lowest BCUT2D eigenvalue weighted by Gasteiger charge is -2.19. The van der Waals surface area contributed by atoms with Gasteiger partial charge in [0.15, 0.2) is 34.9 Å². The molecular weight excluding hydrogens is 1690 g/mol. The zero-order chi connectivity index (χ0) is 89.9. The Balaban J connectivity index is 0.000000145. The van der Waals surface area contributed by atoms with Crippen LogP contribution in [0.25, 0.3) is 253 Å². The van der Waals surface area contributed by atoms with Crippen molar-refractivity contribution in [3.63, 3.8) is 0 Å². The van der Waals surface area contributed by atoms with Crippen LogP contribution in [0.1, 0.15) is 0 Å². The lowest BCUT2D eigenvalue weighted by Crippen LogP contribution is -2.01. The van der Waals surface area contributed by atoms with Crippen LogP contribution in [0.3, 0.4) is 0 Å². The molecule has 8 nitrogen and oxygen atoms in total. The molecule has 0 aliphatic rings. The fourth-order valence-corrected chi connectivity index (χ4v) is 22.6. The molecule has 0 N–H and O–H groups in total. The van der Waals surface area contributed by atoms with Crippen LogP contribution in [0.4, 0.5) is 0 Å². The molecule has 0 saturated carbocycles. The highest BCUT2D eigenvalue weighted by Crippen LogP contribution is 2.52. The van der Waals surface area contributed by atoms with Crippen molar-refractivity contribution in [2.75, 3.05) is 0 Å². The number of fused-ring (bicyclic) bond motifs is 14. The van der Waals surface area contributed by atoms with E-state index < -0.39 is 0 Å². The van der Waals surface area contributed by atoms with Gasteiger partial charge in [-0.15, -0.1) is 22.7 Å². The van der Waals surface area contributed by atoms with E-state index in [1.807, 2.05) is 95.5 Å². The quantitative estimate of drug-likeness (QED) is 0.0958. The van der Waals surface area contributed by atoms with Crippen LogP contribution in [0.2, 0.25) is 0 Å². The molecule has 20 aromatic carbocycles. The average Bonchev–Trinajstić information content (AvgIpc) is 1.55. The number of nitrogens with zero attached hydrogens (tertiary/aromatic N) is 8. The second kappa shape index (κ2) is 34.6. The van der Waals surface area contributed by atoms with Gasteiger partial charge in [0.05, 0.1) is 31.5 Å². The standard InChI is InChI=1S/2C63H40N4S/c1-6-20-41(21-7-1)47-31-18-32-48(42-22-8-2-9-23-42)57(47)45-36-37-49(55(40-45)63-65-61(43-24-10-3-11-25-43)64-62(66-63)44-26-12-4-13-27-44)52-33-19-34-53-54-39-38-51-50-30-16-17-35-56(50)67(46-28-14-5-15-29-46)58(51)60(54)68-59(52)53;1-6-19-41(20-7-1)49-30-18-31-50(42-21-8-2-9-22-42)58(49)46-34-35-48(55(39-46)63-65-61(43-23-10-3-11-24-43)64-62(66-63)44-25-12-4-13-26-44)45-33-36-52-54-38-37-53-51-29-16-17-32-56(51)67(47-27-14-5-15-28-47)59(53)60(54)68-57(52)40-45/h2*1-40H. The molecule has 0 amide bonds. The summed E-state index contributed by atoms with van der Waals surface area (Å²) in [5.74, 6) is 3.71. The van der Waals surface area contributed by atoms with Gasteiger partial charge in [0.1, 0.15) is 0 Å². The average molecular weight is 1770 g/mol. The largest absolute Gasteiger partial charge is 0.308 e. The maximum absolute atomic E-state index is 5.39. The van der Waals surface area contributed by atoms with Crippen molar-refractivity contribution in [1.29, 1.82) is 0 Å². The Hall–Kier alpha value is -17.5. The van der Waals surface area contributed by atoms with Gasteiger partial charge in [-0.05, 0) is 138 Å².